The zero-order chi connectivity index (χ0) is 22.1. The first kappa shape index (κ1) is 21.1. The Labute approximate surface area is 185 Å². The van der Waals surface area contributed by atoms with Crippen molar-refractivity contribution in [3.05, 3.63) is 76.1 Å². The number of benzene rings is 2. The fourth-order valence-electron chi connectivity index (χ4n) is 3.49. The van der Waals surface area contributed by atoms with Crippen molar-refractivity contribution in [1.82, 2.24) is 14.8 Å². The molecule has 1 aromatic heterocycles. The summed E-state index contributed by atoms with van der Waals surface area (Å²) >= 11 is 6.37. The maximum Gasteiger partial charge on any atom is 0.250 e. The predicted octanol–water partition coefficient (Wildman–Crippen LogP) is 5.42. The molecule has 0 bridgehead atoms. The monoisotopic (exact) mass is 439 g/mol. The Balaban J connectivity index is 1.77. The van der Waals surface area contributed by atoms with E-state index in [1.165, 1.54) is 10.7 Å². The van der Waals surface area contributed by atoms with Gasteiger partial charge in [-0.15, -0.1) is 5.10 Å². The summed E-state index contributed by atoms with van der Waals surface area (Å²) in [7, 11) is 0. The van der Waals surface area contributed by atoms with E-state index in [1.54, 1.807) is 12.1 Å². The van der Waals surface area contributed by atoms with E-state index in [-0.39, 0.29) is 17.8 Å². The molecule has 160 valence electrons. The Morgan fingerprint density at radius 2 is 2.00 bits per heavy atom. The highest BCUT2D eigenvalue weighted by Crippen LogP contribution is 2.37. The zero-order valence-corrected chi connectivity index (χ0v) is 18.2. The molecule has 0 aliphatic carbocycles. The van der Waals surface area contributed by atoms with Crippen LogP contribution in [0.15, 0.2) is 48.5 Å². The second kappa shape index (κ2) is 8.51. The van der Waals surface area contributed by atoms with E-state index >= 15 is 0 Å². The maximum atomic E-state index is 14.8. The van der Waals surface area contributed by atoms with E-state index in [2.05, 4.69) is 20.7 Å². The summed E-state index contributed by atoms with van der Waals surface area (Å²) in [4.78, 5) is 16.6. The van der Waals surface area contributed by atoms with Crippen LogP contribution in [-0.4, -0.2) is 20.7 Å². The van der Waals surface area contributed by atoms with Crippen molar-refractivity contribution >= 4 is 35.1 Å². The van der Waals surface area contributed by atoms with E-state index in [4.69, 9.17) is 11.6 Å². The summed E-state index contributed by atoms with van der Waals surface area (Å²) in [5, 5.41) is 10.7. The van der Waals surface area contributed by atoms with Crippen LogP contribution in [0, 0.1) is 18.7 Å². The summed E-state index contributed by atoms with van der Waals surface area (Å²) in [5.74, 6) is 0.137. The number of aryl methyl sites for hydroxylation is 1. The molecule has 8 heteroatoms. The molecule has 31 heavy (non-hydrogen) atoms. The molecule has 2 N–H and O–H groups in total. The standard InChI is InChI=1S/C23H23ClFN5O/c1-13(2)11-20(31)27-22-28-23-26-18(15-9-7-14(3)8-10-15)12-19(30(23)29-22)21-16(24)5-4-6-17(21)25/h4-10,12-13,19H,11H2,1-3H3,(H2,26,27,28,29,31). The van der Waals surface area contributed by atoms with Crippen LogP contribution in [0.2, 0.25) is 5.02 Å². The molecule has 1 unspecified atom stereocenters. The van der Waals surface area contributed by atoms with Gasteiger partial charge in [0.05, 0.1) is 0 Å². The Hall–Kier alpha value is -3.19. The molecular weight excluding hydrogens is 417 g/mol. The summed E-state index contributed by atoms with van der Waals surface area (Å²) in [6.45, 7) is 5.93. The Morgan fingerprint density at radius 1 is 1.26 bits per heavy atom. The van der Waals surface area contributed by atoms with Crippen molar-refractivity contribution < 1.29 is 9.18 Å². The molecule has 4 rings (SSSR count). The second-order valence-corrected chi connectivity index (χ2v) is 8.41. The van der Waals surface area contributed by atoms with Crippen molar-refractivity contribution in [3.8, 4) is 0 Å². The number of carbonyl (C=O) groups excluding carboxylic acids is 1. The minimum absolute atomic E-state index is 0.157. The molecule has 0 radical (unpaired) electrons. The third kappa shape index (κ3) is 4.46. The molecule has 2 heterocycles. The van der Waals surface area contributed by atoms with Gasteiger partial charge in [0.25, 0.3) is 5.95 Å². The van der Waals surface area contributed by atoms with Crippen molar-refractivity contribution in [2.45, 2.75) is 33.2 Å². The molecule has 0 spiro atoms. The molecule has 0 fully saturated rings. The first-order valence-electron chi connectivity index (χ1n) is 10.1. The van der Waals surface area contributed by atoms with Crippen LogP contribution in [0.1, 0.15) is 43.0 Å². The summed E-state index contributed by atoms with van der Waals surface area (Å²) in [6.07, 6.45) is 2.21. The van der Waals surface area contributed by atoms with Gasteiger partial charge in [0, 0.05) is 22.7 Å². The van der Waals surface area contributed by atoms with E-state index in [9.17, 15) is 9.18 Å². The van der Waals surface area contributed by atoms with Gasteiger partial charge < -0.3 is 5.32 Å². The molecule has 1 amide bonds. The molecule has 0 saturated heterocycles. The van der Waals surface area contributed by atoms with Crippen LogP contribution in [0.5, 0.6) is 0 Å². The number of nitrogens with one attached hydrogen (secondary N) is 2. The molecular formula is C23H23ClFN5O. The number of rotatable bonds is 5. The van der Waals surface area contributed by atoms with E-state index in [0.29, 0.717) is 23.0 Å². The second-order valence-electron chi connectivity index (χ2n) is 8.00. The van der Waals surface area contributed by atoms with Gasteiger partial charge in [-0.2, -0.15) is 4.98 Å². The number of halogens is 2. The van der Waals surface area contributed by atoms with Crippen molar-refractivity contribution in [2.24, 2.45) is 5.92 Å². The van der Waals surface area contributed by atoms with E-state index in [0.717, 1.165) is 16.8 Å². The van der Waals surface area contributed by atoms with Gasteiger partial charge in [-0.25, -0.2) is 9.07 Å². The lowest BCUT2D eigenvalue weighted by Gasteiger charge is -2.25. The number of aromatic nitrogens is 3. The van der Waals surface area contributed by atoms with Gasteiger partial charge in [-0.05, 0) is 36.6 Å². The maximum absolute atomic E-state index is 14.8. The number of amides is 1. The number of nitrogens with zero attached hydrogens (tertiary/aromatic N) is 3. The number of anilines is 2. The summed E-state index contributed by atoms with van der Waals surface area (Å²) in [6, 6.07) is 11.9. The fourth-order valence-corrected chi connectivity index (χ4v) is 3.77. The number of allylic oxidation sites excluding steroid dienone is 1. The van der Waals surface area contributed by atoms with Gasteiger partial charge in [-0.3, -0.25) is 10.1 Å². The molecule has 1 atom stereocenters. The zero-order valence-electron chi connectivity index (χ0n) is 17.5. The van der Waals surface area contributed by atoms with Gasteiger partial charge in [0.15, 0.2) is 0 Å². The van der Waals surface area contributed by atoms with Gasteiger partial charge in [-0.1, -0.05) is 61.3 Å². The molecule has 2 aromatic carbocycles. The van der Waals surface area contributed by atoms with Gasteiger partial charge in [0.1, 0.15) is 11.9 Å². The first-order chi connectivity index (χ1) is 14.8. The minimum Gasteiger partial charge on any atom is -0.324 e. The van der Waals surface area contributed by atoms with Gasteiger partial charge in [0.2, 0.25) is 11.9 Å². The molecule has 1 aliphatic heterocycles. The Kier molecular flexibility index (Phi) is 5.78. The Bertz CT molecular complexity index is 1130. The number of carbonyl (C=O) groups is 1. The lowest BCUT2D eigenvalue weighted by molar-refractivity contribution is -0.116. The van der Waals surface area contributed by atoms with Crippen LogP contribution in [0.3, 0.4) is 0 Å². The number of fused-ring (bicyclic) bond motifs is 1. The highest BCUT2D eigenvalue weighted by molar-refractivity contribution is 6.31. The quantitative estimate of drug-likeness (QED) is 0.556. The van der Waals surface area contributed by atoms with Crippen molar-refractivity contribution in [2.75, 3.05) is 10.6 Å². The average Bonchev–Trinajstić information content (AvgIpc) is 3.10. The third-order valence-electron chi connectivity index (χ3n) is 4.97. The highest BCUT2D eigenvalue weighted by Gasteiger charge is 2.29. The lowest BCUT2D eigenvalue weighted by Crippen LogP contribution is -2.21. The highest BCUT2D eigenvalue weighted by atomic mass is 35.5. The average molecular weight is 440 g/mol. The topological polar surface area (TPSA) is 71.8 Å². The SMILES string of the molecule is Cc1ccc(C2=CC(c3c(F)cccc3Cl)n3nc(NC(=O)CC(C)C)nc3N2)cc1. The Morgan fingerprint density at radius 3 is 2.68 bits per heavy atom. The summed E-state index contributed by atoms with van der Waals surface area (Å²) < 4.78 is 16.3. The predicted molar refractivity (Wildman–Crippen MR) is 120 cm³/mol. The van der Waals surface area contributed by atoms with Crippen molar-refractivity contribution in [3.63, 3.8) is 0 Å². The van der Waals surface area contributed by atoms with E-state index < -0.39 is 11.9 Å². The van der Waals surface area contributed by atoms with Crippen LogP contribution < -0.4 is 10.6 Å². The number of hydrogen-bond donors (Lipinski definition) is 2. The minimum atomic E-state index is -0.635. The van der Waals surface area contributed by atoms with Crippen LogP contribution in [0.4, 0.5) is 16.3 Å². The van der Waals surface area contributed by atoms with Crippen molar-refractivity contribution in [1.29, 1.82) is 0 Å². The fraction of sp³-hybridized carbons (Fsp3) is 0.261. The first-order valence-corrected chi connectivity index (χ1v) is 10.5. The van der Waals surface area contributed by atoms with E-state index in [1.807, 2.05) is 51.1 Å². The summed E-state index contributed by atoms with van der Waals surface area (Å²) in [5.41, 5.74) is 3.10. The third-order valence-corrected chi connectivity index (χ3v) is 5.30. The van der Waals surface area contributed by atoms with Crippen LogP contribution in [0.25, 0.3) is 5.70 Å². The smallest absolute Gasteiger partial charge is 0.250 e. The van der Waals surface area contributed by atoms with Crippen LogP contribution in [-0.2, 0) is 4.79 Å². The van der Waals surface area contributed by atoms with Crippen LogP contribution >= 0.6 is 11.6 Å². The normalized spacial score (nSPS) is 15.3. The lowest BCUT2D eigenvalue weighted by atomic mass is 10.0. The largest absolute Gasteiger partial charge is 0.324 e. The van der Waals surface area contributed by atoms with Gasteiger partial charge >= 0.3 is 0 Å². The molecule has 6 nitrogen and oxygen atoms in total. The molecule has 3 aromatic rings. The number of hydrogen-bond acceptors (Lipinski definition) is 4. The molecule has 1 aliphatic rings. The molecule has 0 saturated carbocycles.